The summed E-state index contributed by atoms with van der Waals surface area (Å²) in [4.78, 5) is 59.8. The van der Waals surface area contributed by atoms with Crippen molar-refractivity contribution in [2.24, 2.45) is 0 Å². The second-order valence-corrected chi connectivity index (χ2v) is 17.7. The third kappa shape index (κ3) is 14.8. The van der Waals surface area contributed by atoms with Crippen LogP contribution in [0.4, 0.5) is 35.9 Å². The number of nitro groups is 2. The zero-order valence-corrected chi connectivity index (χ0v) is 43.5. The van der Waals surface area contributed by atoms with Crippen LogP contribution in [0.3, 0.4) is 0 Å². The number of anilines is 2. The molecule has 0 aliphatic rings. The van der Waals surface area contributed by atoms with Crippen LogP contribution in [0.15, 0.2) is 96.9 Å². The number of alkyl halides is 3. The molecule has 0 saturated carbocycles. The van der Waals surface area contributed by atoms with Gasteiger partial charge in [-0.15, -0.1) is 0 Å². The number of rotatable bonds is 9. The molecule has 8 aromatic rings. The quantitative estimate of drug-likeness (QED) is 0.0776. The van der Waals surface area contributed by atoms with Crippen molar-refractivity contribution in [2.45, 2.75) is 46.7 Å². The first-order valence-electron chi connectivity index (χ1n) is 20.0. The molecule has 72 heavy (non-hydrogen) atoms. The third-order valence-corrected chi connectivity index (χ3v) is 12.5. The van der Waals surface area contributed by atoms with E-state index in [1.54, 1.807) is 37.6 Å². The number of nitrogens with one attached hydrogen (secondary N) is 1. The Morgan fingerprint density at radius 2 is 1.06 bits per heavy atom. The van der Waals surface area contributed by atoms with E-state index in [4.69, 9.17) is 75.3 Å². The first-order chi connectivity index (χ1) is 33.9. The fraction of sp³-hybridized carbons (Fsp3) is 0.163. The molecule has 0 radical (unpaired) electrons. The number of amides is 1. The van der Waals surface area contributed by atoms with Crippen molar-refractivity contribution in [3.05, 3.63) is 181 Å². The van der Waals surface area contributed by atoms with Crippen molar-refractivity contribution in [1.29, 1.82) is 0 Å². The predicted octanol–water partition coefficient (Wildman–Crippen LogP) is 12.8. The van der Waals surface area contributed by atoms with Crippen molar-refractivity contribution >= 4 is 114 Å². The summed E-state index contributed by atoms with van der Waals surface area (Å²) in [5, 5.41) is 24.9. The molecule has 0 spiro atoms. The normalized spacial score (nSPS) is 10.8. The van der Waals surface area contributed by atoms with Crippen molar-refractivity contribution < 1.29 is 27.8 Å². The van der Waals surface area contributed by atoms with E-state index < -0.39 is 21.6 Å². The van der Waals surface area contributed by atoms with Crippen LogP contribution in [0.5, 0.6) is 0 Å². The van der Waals surface area contributed by atoms with Crippen LogP contribution in [0, 0.1) is 47.9 Å². The molecule has 0 aliphatic carbocycles. The molecular formula is C43H34BrCl6F3N14O5. The van der Waals surface area contributed by atoms with Crippen LogP contribution < -0.4 is 11.1 Å². The molecule has 376 valence electrons. The van der Waals surface area contributed by atoms with E-state index in [9.17, 15) is 38.2 Å². The number of carbonyl (C=O) groups is 1. The molecule has 3 N–H and O–H groups in total. The van der Waals surface area contributed by atoms with Crippen molar-refractivity contribution in [2.75, 3.05) is 11.1 Å². The van der Waals surface area contributed by atoms with Crippen LogP contribution in [-0.2, 0) is 17.4 Å². The second kappa shape index (κ2) is 24.8. The second-order valence-electron chi connectivity index (χ2n) is 14.8. The number of nitrogens with zero attached hydrogens (tertiary/aromatic N) is 12. The van der Waals surface area contributed by atoms with Crippen LogP contribution in [-0.4, -0.2) is 64.3 Å². The highest BCUT2D eigenvalue weighted by Gasteiger charge is 2.30. The Kier molecular flexibility index (Phi) is 19.4. The lowest BCUT2D eigenvalue weighted by Gasteiger charge is -2.10. The Morgan fingerprint density at radius 3 is 1.44 bits per heavy atom. The fourth-order valence-electron chi connectivity index (χ4n) is 6.00. The number of pyridine rings is 4. The zero-order valence-electron chi connectivity index (χ0n) is 37.3. The number of imidazole rings is 3. The highest BCUT2D eigenvalue weighted by atomic mass is 79.9. The SMILES string of the molecule is Cc1cc(N)cnc1-n1cnc(Cl)c1Cl.Cc1cc(NC(=O)CCc2ccc(C(F)(F)F)cc2)cnc1-n1cnc(Cl)c1Cl.Cc1cc([N+](=O)[O-])cnc1-n1cnc(Cl)c1Cl.Cc1cc([N+](=O)[O-])cnc1Br. The Balaban J connectivity index is 0.000000191. The van der Waals surface area contributed by atoms with Gasteiger partial charge in [0.2, 0.25) is 5.91 Å². The van der Waals surface area contributed by atoms with Crippen molar-refractivity contribution in [1.82, 2.24) is 48.6 Å². The maximum atomic E-state index is 12.6. The van der Waals surface area contributed by atoms with Gasteiger partial charge in [0.15, 0.2) is 30.9 Å². The lowest BCUT2D eigenvalue weighted by atomic mass is 10.1. The topological polar surface area (TPSA) is 246 Å². The number of nitrogen functional groups attached to an aromatic ring is 1. The summed E-state index contributed by atoms with van der Waals surface area (Å²) in [7, 11) is 0. The van der Waals surface area contributed by atoms with Crippen LogP contribution in [0.25, 0.3) is 17.5 Å². The number of benzene rings is 1. The Labute approximate surface area is 444 Å². The minimum Gasteiger partial charge on any atom is -0.397 e. The molecule has 7 aromatic heterocycles. The molecule has 0 saturated heterocycles. The summed E-state index contributed by atoms with van der Waals surface area (Å²) in [5.41, 5.74) is 9.59. The molecule has 1 aromatic carbocycles. The first-order valence-corrected chi connectivity index (χ1v) is 23.1. The molecular weight excluding hydrogens is 1140 g/mol. The average Bonchev–Trinajstić information content (AvgIpc) is 3.96. The zero-order chi connectivity index (χ0) is 53.2. The van der Waals surface area contributed by atoms with Gasteiger partial charge < -0.3 is 11.1 Å². The van der Waals surface area contributed by atoms with Gasteiger partial charge in [0.1, 0.15) is 53.4 Å². The summed E-state index contributed by atoms with van der Waals surface area (Å²) < 4.78 is 43.0. The number of nitrogens with two attached hydrogens (primary N) is 1. The van der Waals surface area contributed by atoms with Gasteiger partial charge in [-0.05, 0) is 102 Å². The average molecular weight is 1180 g/mol. The molecule has 7 heterocycles. The molecule has 0 bridgehead atoms. The maximum Gasteiger partial charge on any atom is 0.416 e. The monoisotopic (exact) mass is 1170 g/mol. The highest BCUT2D eigenvalue weighted by molar-refractivity contribution is 9.10. The largest absolute Gasteiger partial charge is 0.416 e. The van der Waals surface area contributed by atoms with Crippen LogP contribution in [0.1, 0.15) is 39.8 Å². The predicted molar refractivity (Wildman–Crippen MR) is 271 cm³/mol. The van der Waals surface area contributed by atoms with Gasteiger partial charge in [-0.3, -0.25) is 38.7 Å². The summed E-state index contributed by atoms with van der Waals surface area (Å²) >= 11 is 38.4. The number of carbonyl (C=O) groups excluding carboxylic acids is 1. The molecule has 0 unspecified atom stereocenters. The Hall–Kier alpha value is -6.47. The molecule has 29 heteroatoms. The summed E-state index contributed by atoms with van der Waals surface area (Å²) in [6.07, 6.45) is 5.86. The highest BCUT2D eigenvalue weighted by Crippen LogP contribution is 2.31. The van der Waals surface area contributed by atoms with E-state index in [1.165, 1.54) is 64.8 Å². The molecule has 0 atom stereocenters. The van der Waals surface area contributed by atoms with Crippen molar-refractivity contribution in [3.63, 3.8) is 0 Å². The van der Waals surface area contributed by atoms with E-state index >= 15 is 0 Å². The maximum absolute atomic E-state index is 12.6. The standard InChI is InChI=1S/C19H15Cl2F3N4O.C9H6Cl2N4O2.C9H8Cl2N4.C6H5BrN2O2/c1-11-8-14(9-25-18(11)28-10-26-16(20)17(28)21)27-15(29)7-4-12-2-5-13(6-3-12)19(22,23)24;1-5-2-6(15(16)17)3-12-9(5)14-4-13-7(10)8(14)11;1-5-2-6(12)3-13-9(5)15-4-14-7(10)8(15)11;1-4-2-5(9(10)11)3-8-6(4)7/h2-3,5-6,8-10H,4,7H2,1H3,(H,27,29);2-4H,1H3;2-4H,12H2,1H3;2-3H,1H3. The van der Waals surface area contributed by atoms with E-state index in [0.717, 1.165) is 35.0 Å². The van der Waals surface area contributed by atoms with Gasteiger partial charge in [-0.2, -0.15) is 13.2 Å². The van der Waals surface area contributed by atoms with E-state index in [2.05, 4.69) is 56.1 Å². The minimum absolute atomic E-state index is 0.0192. The Bertz CT molecular complexity index is 3270. The van der Waals surface area contributed by atoms with Crippen molar-refractivity contribution in [3.8, 4) is 17.5 Å². The number of halogens is 10. The van der Waals surface area contributed by atoms with E-state index in [-0.39, 0.29) is 49.5 Å². The molecule has 0 aliphatic heterocycles. The number of hydrogen-bond acceptors (Lipinski definition) is 13. The third-order valence-electron chi connectivity index (χ3n) is 9.48. The summed E-state index contributed by atoms with van der Waals surface area (Å²) in [5.74, 6) is 1.38. The van der Waals surface area contributed by atoms with Crippen LogP contribution in [0.2, 0.25) is 30.9 Å². The van der Waals surface area contributed by atoms with Gasteiger partial charge in [0, 0.05) is 18.6 Å². The Morgan fingerprint density at radius 1 is 0.639 bits per heavy atom. The van der Waals surface area contributed by atoms with Gasteiger partial charge in [0.05, 0.1) is 39.2 Å². The number of hydrogen-bond donors (Lipinski definition) is 2. The molecule has 1 amide bonds. The van der Waals surface area contributed by atoms with Crippen LogP contribution >= 0.6 is 85.5 Å². The van der Waals surface area contributed by atoms with Gasteiger partial charge >= 0.3 is 6.18 Å². The molecule has 8 rings (SSSR count). The molecule has 19 nitrogen and oxygen atoms in total. The number of aromatic nitrogens is 10. The fourth-order valence-corrected chi connectivity index (χ4v) is 7.14. The van der Waals surface area contributed by atoms with Gasteiger partial charge in [-0.25, -0.2) is 34.9 Å². The molecule has 0 fully saturated rings. The summed E-state index contributed by atoms with van der Waals surface area (Å²) in [6.45, 7) is 7.14. The minimum atomic E-state index is -4.38. The smallest absolute Gasteiger partial charge is 0.397 e. The first kappa shape index (κ1) is 56.4. The summed E-state index contributed by atoms with van der Waals surface area (Å²) in [6, 6.07) is 11.2. The lowest BCUT2D eigenvalue weighted by molar-refractivity contribution is -0.385. The van der Waals surface area contributed by atoms with E-state index in [0.29, 0.717) is 56.1 Å². The van der Waals surface area contributed by atoms with E-state index in [1.807, 2.05) is 13.0 Å². The van der Waals surface area contributed by atoms with Gasteiger partial charge in [-0.1, -0.05) is 81.7 Å². The number of aryl methyl sites for hydroxylation is 5. The van der Waals surface area contributed by atoms with Gasteiger partial charge in [0.25, 0.3) is 11.4 Å². The lowest BCUT2D eigenvalue weighted by Crippen LogP contribution is -2.13.